The molecular weight excluding hydrogens is 351 g/mol. The molecule has 1 amide bonds. The first-order valence-electron chi connectivity index (χ1n) is 5.90. The highest BCUT2D eigenvalue weighted by Gasteiger charge is 2.16. The number of carbonyl (C=O) groups excluding carboxylic acids is 1. The van der Waals surface area contributed by atoms with Crippen molar-refractivity contribution in [2.45, 2.75) is 26.3 Å². The first kappa shape index (κ1) is 18.7. The Morgan fingerprint density at radius 2 is 2.11 bits per heavy atom. The summed E-state index contributed by atoms with van der Waals surface area (Å²) in [5.74, 6) is 0.335. The second-order valence-electron chi connectivity index (χ2n) is 4.66. The van der Waals surface area contributed by atoms with Crippen LogP contribution in [0.3, 0.4) is 0 Å². The van der Waals surface area contributed by atoms with Gasteiger partial charge >= 0.3 is 0 Å². The standard InChI is InChI=1S/C13H18BrClN2O.ClH/c1-8(2)5-10(7-16)17-13(18)11-6-9(15)3-4-12(11)14;/h3-4,6,8,10H,5,7,16H2,1-2H3,(H,17,18);1H. The van der Waals surface area contributed by atoms with E-state index in [9.17, 15) is 4.79 Å². The zero-order chi connectivity index (χ0) is 13.7. The molecule has 3 N–H and O–H groups in total. The lowest BCUT2D eigenvalue weighted by Gasteiger charge is -2.19. The largest absolute Gasteiger partial charge is 0.348 e. The Hall–Kier alpha value is -0.290. The third kappa shape index (κ3) is 6.13. The number of hydrogen-bond acceptors (Lipinski definition) is 2. The van der Waals surface area contributed by atoms with E-state index in [2.05, 4.69) is 35.1 Å². The molecule has 0 aromatic heterocycles. The van der Waals surface area contributed by atoms with Gasteiger partial charge in [0.1, 0.15) is 0 Å². The Morgan fingerprint density at radius 1 is 1.47 bits per heavy atom. The monoisotopic (exact) mass is 368 g/mol. The Balaban J connectivity index is 0.00000324. The van der Waals surface area contributed by atoms with Crippen LogP contribution in [0.4, 0.5) is 0 Å². The Morgan fingerprint density at radius 3 is 2.63 bits per heavy atom. The minimum absolute atomic E-state index is 0. The molecule has 0 fully saturated rings. The molecule has 0 aliphatic rings. The number of hydrogen-bond donors (Lipinski definition) is 2. The molecule has 0 radical (unpaired) electrons. The van der Waals surface area contributed by atoms with Crippen LogP contribution in [-0.4, -0.2) is 18.5 Å². The summed E-state index contributed by atoms with van der Waals surface area (Å²) >= 11 is 9.23. The maximum atomic E-state index is 12.1. The van der Waals surface area contributed by atoms with Crippen molar-refractivity contribution in [1.29, 1.82) is 0 Å². The SMILES string of the molecule is CC(C)CC(CN)NC(=O)c1cc(Cl)ccc1Br.Cl. The lowest BCUT2D eigenvalue weighted by atomic mass is 10.0. The normalized spacial score (nSPS) is 11.9. The van der Waals surface area contributed by atoms with Gasteiger partial charge < -0.3 is 11.1 Å². The summed E-state index contributed by atoms with van der Waals surface area (Å²) in [6.45, 7) is 4.64. The van der Waals surface area contributed by atoms with E-state index < -0.39 is 0 Å². The van der Waals surface area contributed by atoms with E-state index in [0.29, 0.717) is 23.0 Å². The predicted octanol–water partition coefficient (Wildman–Crippen LogP) is 3.63. The molecule has 1 aromatic carbocycles. The summed E-state index contributed by atoms with van der Waals surface area (Å²) < 4.78 is 0.727. The van der Waals surface area contributed by atoms with Crippen molar-refractivity contribution in [2.75, 3.05) is 6.54 Å². The molecular formula is C13H19BrCl2N2O. The molecule has 0 heterocycles. The van der Waals surface area contributed by atoms with Crippen molar-refractivity contribution in [3.8, 4) is 0 Å². The molecule has 19 heavy (non-hydrogen) atoms. The van der Waals surface area contributed by atoms with Gasteiger partial charge in [0.05, 0.1) is 5.56 Å². The Labute approximate surface area is 133 Å². The van der Waals surface area contributed by atoms with Gasteiger partial charge in [-0.05, 0) is 46.5 Å². The fraction of sp³-hybridized carbons (Fsp3) is 0.462. The van der Waals surface area contributed by atoms with Crippen LogP contribution in [0.5, 0.6) is 0 Å². The van der Waals surface area contributed by atoms with Gasteiger partial charge in [-0.1, -0.05) is 25.4 Å². The van der Waals surface area contributed by atoms with Crippen LogP contribution < -0.4 is 11.1 Å². The van der Waals surface area contributed by atoms with E-state index in [-0.39, 0.29) is 24.4 Å². The molecule has 108 valence electrons. The van der Waals surface area contributed by atoms with Gasteiger partial charge in [0.2, 0.25) is 0 Å². The van der Waals surface area contributed by atoms with E-state index in [1.807, 2.05) is 0 Å². The Kier molecular flexibility index (Phi) is 8.66. The molecule has 6 heteroatoms. The molecule has 1 atom stereocenters. The average molecular weight is 370 g/mol. The predicted molar refractivity (Wildman–Crippen MR) is 86.2 cm³/mol. The topological polar surface area (TPSA) is 55.1 Å². The highest BCUT2D eigenvalue weighted by atomic mass is 79.9. The maximum absolute atomic E-state index is 12.1. The fourth-order valence-electron chi connectivity index (χ4n) is 1.72. The van der Waals surface area contributed by atoms with Gasteiger partial charge in [0.25, 0.3) is 5.91 Å². The van der Waals surface area contributed by atoms with E-state index in [1.165, 1.54) is 0 Å². The number of rotatable bonds is 5. The van der Waals surface area contributed by atoms with Crippen LogP contribution >= 0.6 is 39.9 Å². The highest BCUT2D eigenvalue weighted by molar-refractivity contribution is 9.10. The number of benzene rings is 1. The molecule has 3 nitrogen and oxygen atoms in total. The van der Waals surface area contributed by atoms with E-state index in [1.54, 1.807) is 18.2 Å². The van der Waals surface area contributed by atoms with Crippen LogP contribution in [0.25, 0.3) is 0 Å². The van der Waals surface area contributed by atoms with Crippen molar-refractivity contribution in [3.63, 3.8) is 0 Å². The first-order chi connectivity index (χ1) is 8.43. The summed E-state index contributed by atoms with van der Waals surface area (Å²) in [7, 11) is 0. The quantitative estimate of drug-likeness (QED) is 0.832. The van der Waals surface area contributed by atoms with E-state index in [4.69, 9.17) is 17.3 Å². The molecule has 0 aliphatic carbocycles. The minimum atomic E-state index is -0.152. The number of nitrogens with two attached hydrogens (primary N) is 1. The second kappa shape index (κ2) is 8.80. The van der Waals surface area contributed by atoms with Gasteiger partial charge in [-0.2, -0.15) is 0 Å². The summed E-state index contributed by atoms with van der Waals surface area (Å²) in [6.07, 6.45) is 0.862. The molecule has 0 saturated carbocycles. The fourth-order valence-corrected chi connectivity index (χ4v) is 2.32. The lowest BCUT2D eigenvalue weighted by Crippen LogP contribution is -2.41. The van der Waals surface area contributed by atoms with Crippen molar-refractivity contribution >= 4 is 45.8 Å². The van der Waals surface area contributed by atoms with Crippen molar-refractivity contribution < 1.29 is 4.79 Å². The zero-order valence-electron chi connectivity index (χ0n) is 11.0. The molecule has 0 spiro atoms. The van der Waals surface area contributed by atoms with Gasteiger partial charge in [-0.15, -0.1) is 12.4 Å². The molecule has 0 bridgehead atoms. The van der Waals surface area contributed by atoms with Crippen molar-refractivity contribution in [2.24, 2.45) is 11.7 Å². The molecule has 0 saturated heterocycles. The third-order valence-corrected chi connectivity index (χ3v) is 3.48. The van der Waals surface area contributed by atoms with Crippen LogP contribution in [0.2, 0.25) is 5.02 Å². The summed E-state index contributed by atoms with van der Waals surface area (Å²) in [4.78, 5) is 12.1. The smallest absolute Gasteiger partial charge is 0.252 e. The second-order valence-corrected chi connectivity index (χ2v) is 5.95. The number of amides is 1. The molecule has 1 rings (SSSR count). The van der Waals surface area contributed by atoms with Gasteiger partial charge in [-0.25, -0.2) is 0 Å². The summed E-state index contributed by atoms with van der Waals surface area (Å²) in [5, 5.41) is 3.47. The van der Waals surface area contributed by atoms with E-state index >= 15 is 0 Å². The number of nitrogens with one attached hydrogen (secondary N) is 1. The van der Waals surface area contributed by atoms with Crippen LogP contribution in [0.1, 0.15) is 30.6 Å². The first-order valence-corrected chi connectivity index (χ1v) is 7.07. The third-order valence-electron chi connectivity index (χ3n) is 2.55. The van der Waals surface area contributed by atoms with Crippen LogP contribution in [0, 0.1) is 5.92 Å². The summed E-state index contributed by atoms with van der Waals surface area (Å²) in [6, 6.07) is 5.13. The van der Waals surface area contributed by atoms with E-state index in [0.717, 1.165) is 10.9 Å². The highest BCUT2D eigenvalue weighted by Crippen LogP contribution is 2.21. The Bertz CT molecular complexity index is 427. The number of halogens is 3. The van der Waals surface area contributed by atoms with Crippen LogP contribution in [-0.2, 0) is 0 Å². The van der Waals surface area contributed by atoms with Gasteiger partial charge in [0, 0.05) is 22.1 Å². The van der Waals surface area contributed by atoms with Crippen LogP contribution in [0.15, 0.2) is 22.7 Å². The number of carbonyl (C=O) groups is 1. The summed E-state index contributed by atoms with van der Waals surface area (Å²) in [5.41, 5.74) is 6.20. The van der Waals surface area contributed by atoms with Gasteiger partial charge in [0.15, 0.2) is 0 Å². The minimum Gasteiger partial charge on any atom is -0.348 e. The average Bonchev–Trinajstić information content (AvgIpc) is 2.30. The zero-order valence-corrected chi connectivity index (χ0v) is 14.1. The van der Waals surface area contributed by atoms with Crippen molar-refractivity contribution in [1.82, 2.24) is 5.32 Å². The molecule has 0 aliphatic heterocycles. The maximum Gasteiger partial charge on any atom is 0.252 e. The molecule has 1 aromatic rings. The van der Waals surface area contributed by atoms with Gasteiger partial charge in [-0.3, -0.25) is 4.79 Å². The lowest BCUT2D eigenvalue weighted by molar-refractivity contribution is 0.0933. The molecule has 1 unspecified atom stereocenters. The van der Waals surface area contributed by atoms with Crippen molar-refractivity contribution in [3.05, 3.63) is 33.3 Å².